The maximum absolute atomic E-state index is 5.44. The van der Waals surface area contributed by atoms with E-state index in [1.807, 2.05) is 18.3 Å². The third kappa shape index (κ3) is 4.21. The van der Waals surface area contributed by atoms with Crippen LogP contribution in [0.2, 0.25) is 0 Å². The predicted molar refractivity (Wildman–Crippen MR) is 187 cm³/mol. The van der Waals surface area contributed by atoms with Crippen LogP contribution in [0.3, 0.4) is 0 Å². The molecule has 9 aromatic rings. The Hall–Kier alpha value is -6.06. The third-order valence-corrected chi connectivity index (χ3v) is 8.82. The molecule has 0 fully saturated rings. The van der Waals surface area contributed by atoms with E-state index in [2.05, 4.69) is 150 Å². The van der Waals surface area contributed by atoms with E-state index in [0.717, 1.165) is 50.1 Å². The van der Waals surface area contributed by atoms with Crippen molar-refractivity contribution in [2.45, 2.75) is 0 Å². The van der Waals surface area contributed by atoms with Gasteiger partial charge in [0.15, 0.2) is 0 Å². The molecule has 0 atom stereocenters. The van der Waals surface area contributed by atoms with Crippen molar-refractivity contribution in [2.24, 2.45) is 0 Å². The Morgan fingerprint density at radius 2 is 1.16 bits per heavy atom. The molecule has 3 heterocycles. The number of hydrogen-bond donors (Lipinski definition) is 0. The lowest BCUT2D eigenvalue weighted by Crippen LogP contribution is -1.97. The highest BCUT2D eigenvalue weighted by Crippen LogP contribution is 2.42. The normalized spacial score (nSPS) is 11.6. The van der Waals surface area contributed by atoms with Gasteiger partial charge in [-0.25, -0.2) is 4.52 Å². The second kappa shape index (κ2) is 10.3. The smallest absolute Gasteiger partial charge is 0.101 e. The van der Waals surface area contributed by atoms with Gasteiger partial charge in [0.1, 0.15) is 5.69 Å². The molecule has 0 N–H and O–H groups in total. The van der Waals surface area contributed by atoms with Crippen molar-refractivity contribution in [1.82, 2.24) is 14.6 Å². The van der Waals surface area contributed by atoms with Gasteiger partial charge >= 0.3 is 0 Å². The quantitative estimate of drug-likeness (QED) is 0.210. The molecule has 0 amide bonds. The molecular weight excluding hydrogens is 546 g/mol. The molecule has 3 aromatic heterocycles. The van der Waals surface area contributed by atoms with Crippen LogP contribution in [0.4, 0.5) is 0 Å². The van der Waals surface area contributed by atoms with Crippen LogP contribution in [0, 0.1) is 0 Å². The molecule has 0 aliphatic heterocycles. The first-order chi connectivity index (χ1) is 22.3. The van der Waals surface area contributed by atoms with Crippen molar-refractivity contribution in [3.63, 3.8) is 0 Å². The molecule has 0 unspecified atom stereocenters. The molecule has 0 radical (unpaired) electrons. The predicted octanol–water partition coefficient (Wildman–Crippen LogP) is 10.9. The van der Waals surface area contributed by atoms with Gasteiger partial charge in [0.2, 0.25) is 0 Å². The summed E-state index contributed by atoms with van der Waals surface area (Å²) < 4.78 is 2.11. The summed E-state index contributed by atoms with van der Waals surface area (Å²) in [6.07, 6.45) is 1.85. The van der Waals surface area contributed by atoms with E-state index in [1.165, 1.54) is 32.7 Å². The topological polar surface area (TPSA) is 30.2 Å². The van der Waals surface area contributed by atoms with Crippen LogP contribution in [-0.2, 0) is 0 Å². The molecule has 3 heteroatoms. The summed E-state index contributed by atoms with van der Waals surface area (Å²) in [4.78, 5) is 4.75. The van der Waals surface area contributed by atoms with Crippen molar-refractivity contribution in [3.8, 4) is 44.9 Å². The van der Waals surface area contributed by atoms with Gasteiger partial charge in [-0.15, -0.1) is 0 Å². The molecule has 45 heavy (non-hydrogen) atoms. The molecule has 0 aliphatic carbocycles. The minimum absolute atomic E-state index is 0.886. The molecule has 210 valence electrons. The van der Waals surface area contributed by atoms with Gasteiger partial charge in [0, 0.05) is 22.7 Å². The minimum atomic E-state index is 0.886. The first-order valence-corrected chi connectivity index (χ1v) is 15.3. The monoisotopic (exact) mass is 573 g/mol. The van der Waals surface area contributed by atoms with E-state index < -0.39 is 0 Å². The first-order valence-electron chi connectivity index (χ1n) is 15.3. The highest BCUT2D eigenvalue weighted by molar-refractivity contribution is 6.09. The summed E-state index contributed by atoms with van der Waals surface area (Å²) in [7, 11) is 0. The Labute approximate surface area is 260 Å². The Bertz CT molecular complexity index is 2540. The highest BCUT2D eigenvalue weighted by Gasteiger charge is 2.22. The van der Waals surface area contributed by atoms with Gasteiger partial charge < -0.3 is 0 Å². The van der Waals surface area contributed by atoms with Crippen molar-refractivity contribution >= 4 is 37.8 Å². The fourth-order valence-corrected chi connectivity index (χ4v) is 6.72. The van der Waals surface area contributed by atoms with Crippen LogP contribution in [0.1, 0.15) is 0 Å². The fraction of sp³-hybridized carbons (Fsp3) is 0. The largest absolute Gasteiger partial charge is 0.255 e. The van der Waals surface area contributed by atoms with Crippen LogP contribution in [0.25, 0.3) is 82.7 Å². The summed E-state index contributed by atoms with van der Waals surface area (Å²) >= 11 is 0. The van der Waals surface area contributed by atoms with Gasteiger partial charge in [-0.3, -0.25) is 4.98 Å². The van der Waals surface area contributed by atoms with Gasteiger partial charge in [-0.2, -0.15) is 5.10 Å². The van der Waals surface area contributed by atoms with Crippen LogP contribution in [0.15, 0.2) is 164 Å². The maximum atomic E-state index is 5.44. The SMILES string of the molecule is c1ccc(-c2cc3ccccc3c3c(-c4ccc5ccccc5c4)c(-c4cccc(-c5cccc6ccccc56)c4)nn23)nc1. The number of benzene rings is 6. The second-order valence-electron chi connectivity index (χ2n) is 11.5. The Balaban J connectivity index is 1.38. The van der Waals surface area contributed by atoms with E-state index in [-0.39, 0.29) is 0 Å². The maximum Gasteiger partial charge on any atom is 0.101 e. The summed E-state index contributed by atoms with van der Waals surface area (Å²) in [5.74, 6) is 0. The summed E-state index contributed by atoms with van der Waals surface area (Å²) in [5.41, 5.74) is 9.58. The Morgan fingerprint density at radius 3 is 2.02 bits per heavy atom. The lowest BCUT2D eigenvalue weighted by Gasteiger charge is -2.11. The average molecular weight is 574 g/mol. The summed E-state index contributed by atoms with van der Waals surface area (Å²) in [5, 5.41) is 12.6. The molecule has 0 aliphatic rings. The number of aromatic nitrogens is 3. The van der Waals surface area contributed by atoms with Crippen LogP contribution in [0.5, 0.6) is 0 Å². The fourth-order valence-electron chi connectivity index (χ4n) is 6.72. The van der Waals surface area contributed by atoms with Gasteiger partial charge in [-0.1, -0.05) is 127 Å². The molecule has 3 nitrogen and oxygen atoms in total. The molecule has 0 bridgehead atoms. The van der Waals surface area contributed by atoms with E-state index in [1.54, 1.807) is 0 Å². The van der Waals surface area contributed by atoms with Gasteiger partial charge in [-0.05, 0) is 74.0 Å². The molecule has 0 spiro atoms. The lowest BCUT2D eigenvalue weighted by atomic mass is 9.93. The molecule has 9 rings (SSSR count). The van der Waals surface area contributed by atoms with Crippen LogP contribution in [-0.4, -0.2) is 14.6 Å². The number of hydrogen-bond acceptors (Lipinski definition) is 2. The van der Waals surface area contributed by atoms with E-state index in [0.29, 0.717) is 0 Å². The molecule has 0 saturated heterocycles. The number of pyridine rings is 2. The summed E-state index contributed by atoms with van der Waals surface area (Å²) in [6.45, 7) is 0. The van der Waals surface area contributed by atoms with E-state index in [9.17, 15) is 0 Å². The van der Waals surface area contributed by atoms with Crippen molar-refractivity contribution in [2.75, 3.05) is 0 Å². The number of fused-ring (bicyclic) bond motifs is 5. The summed E-state index contributed by atoms with van der Waals surface area (Å²) in [6, 6.07) is 56.1. The van der Waals surface area contributed by atoms with E-state index >= 15 is 0 Å². The first kappa shape index (κ1) is 25.4. The molecule has 0 saturated carbocycles. The Kier molecular flexibility index (Phi) is 5.82. The minimum Gasteiger partial charge on any atom is -0.255 e. The Morgan fingerprint density at radius 1 is 0.444 bits per heavy atom. The average Bonchev–Trinajstić information content (AvgIpc) is 3.52. The van der Waals surface area contributed by atoms with Crippen LogP contribution < -0.4 is 0 Å². The second-order valence-corrected chi connectivity index (χ2v) is 11.5. The standard InChI is InChI=1S/C42H27N3/c1-2-13-30-25-33(23-22-28(30)11-1)40-41(34-17-9-16-31(26-34)36-20-10-15-29-12-3-5-18-35(29)36)44-45-39(38-21-7-8-24-43-38)27-32-14-4-6-19-37(32)42(40)45/h1-27H. The molecule has 6 aromatic carbocycles. The van der Waals surface area contributed by atoms with Gasteiger partial charge in [0.05, 0.1) is 16.9 Å². The van der Waals surface area contributed by atoms with Crippen LogP contribution >= 0.6 is 0 Å². The number of nitrogens with zero attached hydrogens (tertiary/aromatic N) is 3. The zero-order chi connectivity index (χ0) is 29.7. The van der Waals surface area contributed by atoms with Crippen molar-refractivity contribution in [1.29, 1.82) is 0 Å². The lowest BCUT2D eigenvalue weighted by molar-refractivity contribution is 0.972. The highest BCUT2D eigenvalue weighted by atomic mass is 15.2. The van der Waals surface area contributed by atoms with Gasteiger partial charge in [0.25, 0.3) is 0 Å². The van der Waals surface area contributed by atoms with Crippen molar-refractivity contribution in [3.05, 3.63) is 164 Å². The number of rotatable bonds is 4. The zero-order valence-corrected chi connectivity index (χ0v) is 24.4. The molecular formula is C42H27N3. The van der Waals surface area contributed by atoms with Crippen molar-refractivity contribution < 1.29 is 0 Å². The third-order valence-electron chi connectivity index (χ3n) is 8.82. The van der Waals surface area contributed by atoms with E-state index in [4.69, 9.17) is 10.1 Å². The zero-order valence-electron chi connectivity index (χ0n) is 24.4.